The molecule has 0 radical (unpaired) electrons. The van der Waals surface area contributed by atoms with Crippen molar-refractivity contribution in [3.8, 4) is 0 Å². The minimum Gasteiger partial charge on any atom is -0.891 e. The Labute approximate surface area is 165 Å². The predicted molar refractivity (Wildman–Crippen MR) is 30.8 cm³/mol. The molecule has 0 aromatic heterocycles. The van der Waals surface area contributed by atoms with E-state index in [2.05, 4.69) is 0 Å². The Bertz CT molecular complexity index is 237. The van der Waals surface area contributed by atoms with Gasteiger partial charge in [0.25, 0.3) is 5.92 Å². The van der Waals surface area contributed by atoms with Crippen LogP contribution >= 0.6 is 0 Å². The van der Waals surface area contributed by atoms with Crippen LogP contribution in [0.1, 0.15) is 19.3 Å². The molecule has 8 heteroatoms. The van der Waals surface area contributed by atoms with E-state index < -0.39 is 24.0 Å². The summed E-state index contributed by atoms with van der Waals surface area (Å²) in [5, 5.41) is 20.4. The second kappa shape index (κ2) is 4.97. The van der Waals surface area contributed by atoms with Crippen molar-refractivity contribution in [2.75, 3.05) is 0 Å². The van der Waals surface area contributed by atoms with Crippen molar-refractivity contribution < 1.29 is 126 Å². The van der Waals surface area contributed by atoms with Crippen molar-refractivity contribution in [1.29, 1.82) is 0 Å². The predicted octanol–water partition coefficient (Wildman–Crippen LogP) is -6.73. The normalized spacial score (nSPS) is 34.9. The van der Waals surface area contributed by atoms with Gasteiger partial charge in [-0.15, -0.1) is 0 Å². The molecule has 2 fully saturated rings. The molecule has 0 heterocycles. The summed E-state index contributed by atoms with van der Waals surface area (Å²) in [5.41, 5.74) is -5.19. The fourth-order valence-corrected chi connectivity index (χ4v) is 2.17. The van der Waals surface area contributed by atoms with Gasteiger partial charge in [0.05, 0.1) is 5.41 Å². The van der Waals surface area contributed by atoms with E-state index in [1.165, 1.54) is 0 Å². The molecule has 2 aliphatic rings. The van der Waals surface area contributed by atoms with Crippen molar-refractivity contribution in [2.24, 2.45) is 5.41 Å². The molecule has 2 nitrogen and oxygen atoms in total. The van der Waals surface area contributed by atoms with Gasteiger partial charge in [0, 0.05) is 0 Å². The number of hydrogen-bond acceptors (Lipinski definition) is 2. The number of alkyl halides is 3. The molecule has 68 valence electrons. The summed E-state index contributed by atoms with van der Waals surface area (Å²) in [6, 6.07) is 0. The Hall–Kier alpha value is 3.05. The molecule has 0 aliphatic heterocycles. The van der Waals surface area contributed by atoms with Crippen LogP contribution < -0.4 is 113 Å². The molecule has 1 atom stereocenters. The third kappa shape index (κ3) is 1.68. The summed E-state index contributed by atoms with van der Waals surface area (Å²) < 4.78 is 38.6. The Morgan fingerprint density at radius 2 is 1.43 bits per heavy atom. The smallest absolute Gasteiger partial charge is 0.891 e. The molecule has 0 saturated heterocycles. The van der Waals surface area contributed by atoms with Gasteiger partial charge < -0.3 is 10.0 Å². The van der Waals surface area contributed by atoms with Crippen LogP contribution in [-0.4, -0.2) is 18.6 Å². The molecule has 0 amide bonds. The molecule has 0 aromatic carbocycles. The van der Waals surface area contributed by atoms with Crippen LogP contribution in [0.2, 0.25) is 0 Å². The van der Waals surface area contributed by atoms with E-state index in [-0.39, 0.29) is 116 Å². The zero-order valence-electron chi connectivity index (χ0n) is 8.15. The van der Waals surface area contributed by atoms with E-state index in [9.17, 15) is 23.2 Å². The fraction of sp³-hybridized carbons (Fsp3) is 1.00. The number of halogens is 3. The Kier molecular flexibility index (Phi) is 6.05. The summed E-state index contributed by atoms with van der Waals surface area (Å²) in [6.45, 7) is 0. The Morgan fingerprint density at radius 1 is 1.00 bits per heavy atom. The molecular formula is C6H6BF3K2O2. The molecule has 2 rings (SSSR count). The maximum absolute atomic E-state index is 13.1. The maximum atomic E-state index is 13.1. The summed E-state index contributed by atoms with van der Waals surface area (Å²) >= 11 is 0. The molecule has 0 aromatic rings. The molecule has 1 spiro atoms. The molecule has 2 aliphatic carbocycles. The van der Waals surface area contributed by atoms with E-state index in [4.69, 9.17) is 0 Å². The molecule has 14 heavy (non-hydrogen) atoms. The van der Waals surface area contributed by atoms with Gasteiger partial charge in [-0.1, -0.05) is 13.5 Å². The first kappa shape index (κ1) is 17.0. The van der Waals surface area contributed by atoms with Gasteiger partial charge in [-0.05, 0) is 12.8 Å². The van der Waals surface area contributed by atoms with Crippen LogP contribution in [0.25, 0.3) is 0 Å². The van der Waals surface area contributed by atoms with Crippen LogP contribution in [0.5, 0.6) is 0 Å². The van der Waals surface area contributed by atoms with E-state index in [1.54, 1.807) is 0 Å². The van der Waals surface area contributed by atoms with Crippen molar-refractivity contribution in [3.05, 3.63) is 0 Å². The largest absolute Gasteiger partial charge is 1.00 e. The van der Waals surface area contributed by atoms with Crippen LogP contribution in [-0.2, 0) is 0 Å². The SMILES string of the molecule is [K+].[K+].[O-]B([O-])C1(F)C(F)(F)C12CCC2. The zero-order chi connectivity index (χ0) is 9.20. The van der Waals surface area contributed by atoms with Crippen molar-refractivity contribution in [2.45, 2.75) is 30.8 Å². The van der Waals surface area contributed by atoms with Gasteiger partial charge in [0.15, 0.2) is 0 Å². The Balaban J connectivity index is 0.000000845. The zero-order valence-corrected chi connectivity index (χ0v) is 14.4. The van der Waals surface area contributed by atoms with Gasteiger partial charge in [-0.25, -0.2) is 13.2 Å². The van der Waals surface area contributed by atoms with Crippen LogP contribution in [0.3, 0.4) is 0 Å². The van der Waals surface area contributed by atoms with Crippen molar-refractivity contribution in [1.82, 2.24) is 0 Å². The van der Waals surface area contributed by atoms with Gasteiger partial charge in [-0.2, -0.15) is 0 Å². The van der Waals surface area contributed by atoms with E-state index in [0.717, 1.165) is 0 Å². The second-order valence-electron chi connectivity index (χ2n) is 3.55. The average Bonchev–Trinajstić information content (AvgIpc) is 2.22. The maximum Gasteiger partial charge on any atom is 1.00 e. The van der Waals surface area contributed by atoms with E-state index in [1.807, 2.05) is 0 Å². The average molecular weight is 256 g/mol. The summed E-state index contributed by atoms with van der Waals surface area (Å²) in [7, 11) is -3.06. The van der Waals surface area contributed by atoms with E-state index >= 15 is 0 Å². The topological polar surface area (TPSA) is 46.1 Å². The first-order valence-corrected chi connectivity index (χ1v) is 3.78. The monoisotopic (exact) mass is 256 g/mol. The molecule has 2 saturated carbocycles. The molecule has 1 unspecified atom stereocenters. The summed E-state index contributed by atoms with van der Waals surface area (Å²) in [5.74, 6) is -3.67. The van der Waals surface area contributed by atoms with E-state index in [0.29, 0.717) is 6.42 Å². The van der Waals surface area contributed by atoms with Crippen LogP contribution in [0.15, 0.2) is 0 Å². The molecular weight excluding hydrogens is 250 g/mol. The fourth-order valence-electron chi connectivity index (χ4n) is 2.17. The quantitative estimate of drug-likeness (QED) is 0.438. The van der Waals surface area contributed by atoms with Crippen molar-refractivity contribution in [3.63, 3.8) is 0 Å². The molecule has 0 N–H and O–H groups in total. The standard InChI is InChI=1S/C6H6BF3O2.2K/c8-5(7(11)12)4(2-1-3-4)6(5,9)10;;/h1-3H2;;/q-2;2*+1. The number of rotatable bonds is 1. The Morgan fingerprint density at radius 3 is 1.50 bits per heavy atom. The summed E-state index contributed by atoms with van der Waals surface area (Å²) in [4.78, 5) is 0. The van der Waals surface area contributed by atoms with Crippen LogP contribution in [0.4, 0.5) is 13.2 Å². The van der Waals surface area contributed by atoms with Gasteiger partial charge in [-0.3, -0.25) is 0 Å². The van der Waals surface area contributed by atoms with Crippen molar-refractivity contribution >= 4 is 7.12 Å². The first-order valence-electron chi connectivity index (χ1n) is 3.78. The third-order valence-electron chi connectivity index (χ3n) is 3.22. The first-order chi connectivity index (χ1) is 5.40. The second-order valence-corrected chi connectivity index (χ2v) is 3.55. The molecule has 0 bridgehead atoms. The minimum absolute atomic E-state index is 0. The van der Waals surface area contributed by atoms with Gasteiger partial charge >= 0.3 is 103 Å². The summed E-state index contributed by atoms with van der Waals surface area (Å²) in [6.07, 6.45) is 0.420. The van der Waals surface area contributed by atoms with Gasteiger partial charge in [0.2, 0.25) is 0 Å². The van der Waals surface area contributed by atoms with Crippen LogP contribution in [0, 0.1) is 5.41 Å². The third-order valence-corrected chi connectivity index (χ3v) is 3.22. The number of hydrogen-bond donors (Lipinski definition) is 0. The van der Waals surface area contributed by atoms with Gasteiger partial charge in [0.1, 0.15) is 5.57 Å². The minimum atomic E-state index is -3.67.